The number of thioether (sulfide) groups is 1. The molecule has 1 atom stereocenters. The van der Waals surface area contributed by atoms with Gasteiger partial charge in [0, 0.05) is 10.1 Å². The summed E-state index contributed by atoms with van der Waals surface area (Å²) >= 11 is 1.80. The first-order chi connectivity index (χ1) is 5.72. The van der Waals surface area contributed by atoms with Crippen LogP contribution in [0.25, 0.3) is 0 Å². The Hall–Kier alpha value is -0.630. The molecule has 0 saturated heterocycles. The van der Waals surface area contributed by atoms with E-state index in [9.17, 15) is 5.11 Å². The minimum Gasteiger partial charge on any atom is -0.508 e. The van der Waals surface area contributed by atoms with Gasteiger partial charge in [-0.25, -0.2) is 0 Å². The van der Waals surface area contributed by atoms with Crippen LogP contribution in [0.15, 0.2) is 29.2 Å². The van der Waals surface area contributed by atoms with E-state index in [0.29, 0.717) is 11.0 Å². The third kappa shape index (κ3) is 2.78. The molecule has 0 spiro atoms. The van der Waals surface area contributed by atoms with Gasteiger partial charge in [0.25, 0.3) is 0 Å². The first-order valence-electron chi connectivity index (χ1n) is 4.18. The molecule has 0 aromatic heterocycles. The smallest absolute Gasteiger partial charge is 0.116 e. The number of benzene rings is 1. The second kappa shape index (κ2) is 4.41. The SMILES string of the molecule is CCC(C)Sc1cccc(O)c1. The van der Waals surface area contributed by atoms with Crippen molar-refractivity contribution in [1.82, 2.24) is 0 Å². The third-order valence-corrected chi connectivity index (χ3v) is 2.99. The van der Waals surface area contributed by atoms with Crippen LogP contribution in [-0.2, 0) is 0 Å². The molecule has 1 unspecified atom stereocenters. The first kappa shape index (κ1) is 9.46. The van der Waals surface area contributed by atoms with Gasteiger partial charge < -0.3 is 5.11 Å². The summed E-state index contributed by atoms with van der Waals surface area (Å²) in [6, 6.07) is 7.40. The van der Waals surface area contributed by atoms with E-state index < -0.39 is 0 Å². The zero-order valence-corrected chi connectivity index (χ0v) is 8.27. The molecule has 0 heterocycles. The lowest BCUT2D eigenvalue weighted by Crippen LogP contribution is -1.91. The van der Waals surface area contributed by atoms with Crippen LogP contribution in [0.2, 0.25) is 0 Å². The fourth-order valence-electron chi connectivity index (χ4n) is 0.872. The highest BCUT2D eigenvalue weighted by atomic mass is 32.2. The van der Waals surface area contributed by atoms with Crippen molar-refractivity contribution >= 4 is 11.8 Å². The third-order valence-electron chi connectivity index (χ3n) is 1.73. The van der Waals surface area contributed by atoms with Crippen LogP contribution in [0.5, 0.6) is 5.75 Å². The normalized spacial score (nSPS) is 12.8. The summed E-state index contributed by atoms with van der Waals surface area (Å²) in [6.45, 7) is 4.36. The van der Waals surface area contributed by atoms with Crippen LogP contribution in [-0.4, -0.2) is 10.4 Å². The molecule has 12 heavy (non-hydrogen) atoms. The van der Waals surface area contributed by atoms with Crippen molar-refractivity contribution < 1.29 is 5.11 Å². The lowest BCUT2D eigenvalue weighted by Gasteiger charge is -2.07. The molecule has 1 aromatic rings. The molecule has 0 fully saturated rings. The second-order valence-corrected chi connectivity index (χ2v) is 4.35. The molecular weight excluding hydrogens is 168 g/mol. The maximum absolute atomic E-state index is 9.19. The molecule has 0 amide bonds. The highest BCUT2D eigenvalue weighted by Gasteiger charge is 2.01. The van der Waals surface area contributed by atoms with Crippen molar-refractivity contribution in [3.8, 4) is 5.75 Å². The Bertz CT molecular complexity index is 247. The Morgan fingerprint density at radius 3 is 2.83 bits per heavy atom. The van der Waals surface area contributed by atoms with E-state index in [2.05, 4.69) is 13.8 Å². The van der Waals surface area contributed by atoms with E-state index in [1.807, 2.05) is 12.1 Å². The van der Waals surface area contributed by atoms with Crippen LogP contribution in [0.3, 0.4) is 0 Å². The zero-order chi connectivity index (χ0) is 8.97. The van der Waals surface area contributed by atoms with E-state index >= 15 is 0 Å². The molecule has 0 bridgehead atoms. The number of rotatable bonds is 3. The Morgan fingerprint density at radius 2 is 2.25 bits per heavy atom. The zero-order valence-electron chi connectivity index (χ0n) is 7.45. The lowest BCUT2D eigenvalue weighted by molar-refractivity contribution is 0.474. The predicted molar refractivity (Wildman–Crippen MR) is 53.7 cm³/mol. The van der Waals surface area contributed by atoms with Gasteiger partial charge in [-0.3, -0.25) is 0 Å². The van der Waals surface area contributed by atoms with Crippen LogP contribution in [0.1, 0.15) is 20.3 Å². The monoisotopic (exact) mass is 182 g/mol. The number of aromatic hydroxyl groups is 1. The van der Waals surface area contributed by atoms with Crippen molar-refractivity contribution in [3.63, 3.8) is 0 Å². The van der Waals surface area contributed by atoms with Crippen molar-refractivity contribution in [2.75, 3.05) is 0 Å². The summed E-state index contributed by atoms with van der Waals surface area (Å²) in [4.78, 5) is 1.14. The molecule has 1 rings (SSSR count). The topological polar surface area (TPSA) is 20.2 Å². The van der Waals surface area contributed by atoms with E-state index in [1.54, 1.807) is 23.9 Å². The minimum atomic E-state index is 0.350. The molecule has 0 aliphatic heterocycles. The van der Waals surface area contributed by atoms with Gasteiger partial charge in [0.15, 0.2) is 0 Å². The summed E-state index contributed by atoms with van der Waals surface area (Å²) in [6.07, 6.45) is 1.15. The van der Waals surface area contributed by atoms with Gasteiger partial charge in [0.2, 0.25) is 0 Å². The molecule has 0 aliphatic carbocycles. The first-order valence-corrected chi connectivity index (χ1v) is 5.06. The number of phenolic OH excluding ortho intramolecular Hbond substituents is 1. The average Bonchev–Trinajstić information content (AvgIpc) is 2.04. The number of phenols is 1. The summed E-state index contributed by atoms with van der Waals surface area (Å²) in [5, 5.41) is 9.80. The van der Waals surface area contributed by atoms with Crippen molar-refractivity contribution in [2.45, 2.75) is 30.4 Å². The number of hydrogen-bond donors (Lipinski definition) is 1. The van der Waals surface area contributed by atoms with Gasteiger partial charge in [-0.1, -0.05) is 19.9 Å². The lowest BCUT2D eigenvalue weighted by atomic mass is 10.3. The van der Waals surface area contributed by atoms with Gasteiger partial charge in [-0.2, -0.15) is 0 Å². The molecule has 2 heteroatoms. The van der Waals surface area contributed by atoms with Gasteiger partial charge in [0.05, 0.1) is 0 Å². The predicted octanol–water partition coefficient (Wildman–Crippen LogP) is 3.28. The molecule has 1 aromatic carbocycles. The average molecular weight is 182 g/mol. The summed E-state index contributed by atoms with van der Waals surface area (Å²) in [7, 11) is 0. The molecule has 1 N–H and O–H groups in total. The molecule has 66 valence electrons. The molecule has 0 saturated carbocycles. The van der Waals surface area contributed by atoms with Gasteiger partial charge >= 0.3 is 0 Å². The minimum absolute atomic E-state index is 0.350. The Labute approximate surface area is 77.8 Å². The maximum atomic E-state index is 9.19. The van der Waals surface area contributed by atoms with Crippen LogP contribution in [0, 0.1) is 0 Å². The van der Waals surface area contributed by atoms with E-state index in [4.69, 9.17) is 0 Å². The van der Waals surface area contributed by atoms with Gasteiger partial charge in [-0.15, -0.1) is 11.8 Å². The Morgan fingerprint density at radius 1 is 1.50 bits per heavy atom. The van der Waals surface area contributed by atoms with Gasteiger partial charge in [-0.05, 0) is 24.6 Å². The quantitative estimate of drug-likeness (QED) is 0.724. The van der Waals surface area contributed by atoms with Crippen LogP contribution < -0.4 is 0 Å². The molecule has 0 radical (unpaired) electrons. The Kier molecular flexibility index (Phi) is 3.48. The van der Waals surface area contributed by atoms with Crippen molar-refractivity contribution in [3.05, 3.63) is 24.3 Å². The highest BCUT2D eigenvalue weighted by Crippen LogP contribution is 2.27. The van der Waals surface area contributed by atoms with Crippen molar-refractivity contribution in [2.24, 2.45) is 0 Å². The maximum Gasteiger partial charge on any atom is 0.116 e. The largest absolute Gasteiger partial charge is 0.508 e. The highest BCUT2D eigenvalue weighted by molar-refractivity contribution is 7.99. The second-order valence-electron chi connectivity index (χ2n) is 2.83. The molecule has 0 aliphatic rings. The van der Waals surface area contributed by atoms with Crippen LogP contribution >= 0.6 is 11.8 Å². The van der Waals surface area contributed by atoms with E-state index in [1.165, 1.54) is 0 Å². The fraction of sp³-hybridized carbons (Fsp3) is 0.400. The Balaban J connectivity index is 2.63. The number of hydrogen-bond acceptors (Lipinski definition) is 2. The molecule has 1 nitrogen and oxygen atoms in total. The fourth-order valence-corrected chi connectivity index (χ4v) is 1.85. The van der Waals surface area contributed by atoms with E-state index in [0.717, 1.165) is 11.3 Å². The summed E-state index contributed by atoms with van der Waals surface area (Å²) in [5.74, 6) is 0.350. The standard InChI is InChI=1S/C10H14OS/c1-3-8(2)12-10-6-4-5-9(11)7-10/h4-8,11H,3H2,1-2H3. The van der Waals surface area contributed by atoms with E-state index in [-0.39, 0.29) is 0 Å². The van der Waals surface area contributed by atoms with Gasteiger partial charge in [0.1, 0.15) is 5.75 Å². The summed E-state index contributed by atoms with van der Waals surface area (Å²) < 4.78 is 0. The molecular formula is C10H14OS. The summed E-state index contributed by atoms with van der Waals surface area (Å²) in [5.41, 5.74) is 0. The van der Waals surface area contributed by atoms with Crippen molar-refractivity contribution in [1.29, 1.82) is 0 Å². The van der Waals surface area contributed by atoms with Crippen LogP contribution in [0.4, 0.5) is 0 Å².